The van der Waals surface area contributed by atoms with Gasteiger partial charge in [-0.2, -0.15) is 0 Å². The van der Waals surface area contributed by atoms with Gasteiger partial charge < -0.3 is 5.11 Å². The van der Waals surface area contributed by atoms with Crippen molar-refractivity contribution in [2.75, 3.05) is 13.1 Å². The van der Waals surface area contributed by atoms with E-state index in [0.29, 0.717) is 12.3 Å². The van der Waals surface area contributed by atoms with E-state index in [1.807, 2.05) is 0 Å². The van der Waals surface area contributed by atoms with Gasteiger partial charge in [-0.15, -0.1) is 0 Å². The minimum Gasteiger partial charge on any atom is -0.481 e. The van der Waals surface area contributed by atoms with Crippen LogP contribution in [0.2, 0.25) is 0 Å². The Balaban J connectivity index is 1.79. The summed E-state index contributed by atoms with van der Waals surface area (Å²) >= 11 is 2.31. The first-order valence-corrected chi connectivity index (χ1v) is 7.40. The van der Waals surface area contributed by atoms with Gasteiger partial charge in [0, 0.05) is 16.5 Å². The van der Waals surface area contributed by atoms with Gasteiger partial charge in [-0.25, -0.2) is 0 Å². The van der Waals surface area contributed by atoms with Crippen LogP contribution in [-0.2, 0) is 11.3 Å². The topological polar surface area (TPSA) is 40.5 Å². The van der Waals surface area contributed by atoms with Gasteiger partial charge in [-0.05, 0) is 72.1 Å². The number of piperidine rings is 1. The molecule has 2 rings (SSSR count). The number of halogens is 1. The monoisotopic (exact) mass is 359 g/mol. The van der Waals surface area contributed by atoms with Crippen LogP contribution in [0.5, 0.6) is 0 Å². The molecule has 0 radical (unpaired) electrons. The molecule has 0 bridgehead atoms. The first-order valence-electron chi connectivity index (χ1n) is 6.32. The Hall–Kier alpha value is -0.620. The lowest BCUT2D eigenvalue weighted by Gasteiger charge is -2.31. The van der Waals surface area contributed by atoms with E-state index in [2.05, 4.69) is 51.8 Å². The quantitative estimate of drug-likeness (QED) is 0.841. The van der Waals surface area contributed by atoms with E-state index < -0.39 is 5.97 Å². The maximum absolute atomic E-state index is 10.7. The van der Waals surface area contributed by atoms with Crippen molar-refractivity contribution in [2.45, 2.75) is 25.8 Å². The minimum absolute atomic E-state index is 0.331. The van der Waals surface area contributed by atoms with Crippen molar-refractivity contribution in [1.29, 1.82) is 0 Å². The van der Waals surface area contributed by atoms with E-state index in [1.165, 1.54) is 9.13 Å². The van der Waals surface area contributed by atoms with E-state index >= 15 is 0 Å². The fraction of sp³-hybridized carbons (Fsp3) is 0.500. The summed E-state index contributed by atoms with van der Waals surface area (Å²) in [7, 11) is 0. The molecule has 3 nitrogen and oxygen atoms in total. The van der Waals surface area contributed by atoms with Crippen molar-refractivity contribution in [3.63, 3.8) is 0 Å². The highest BCUT2D eigenvalue weighted by atomic mass is 127. The summed E-state index contributed by atoms with van der Waals surface area (Å²) in [4.78, 5) is 13.1. The molecule has 1 saturated heterocycles. The number of benzene rings is 1. The largest absolute Gasteiger partial charge is 0.481 e. The molecule has 0 atom stereocenters. The van der Waals surface area contributed by atoms with Crippen molar-refractivity contribution in [3.8, 4) is 0 Å². The molecule has 0 amide bonds. The molecule has 1 aromatic carbocycles. The molecule has 1 aliphatic rings. The molecule has 4 heteroatoms. The van der Waals surface area contributed by atoms with Gasteiger partial charge in [-0.3, -0.25) is 9.69 Å². The highest BCUT2D eigenvalue weighted by Crippen LogP contribution is 2.21. The highest BCUT2D eigenvalue weighted by Gasteiger charge is 2.21. The van der Waals surface area contributed by atoms with Gasteiger partial charge in [0.1, 0.15) is 0 Å². The van der Waals surface area contributed by atoms with Gasteiger partial charge >= 0.3 is 5.97 Å². The number of nitrogens with zero attached hydrogens (tertiary/aromatic N) is 1. The second-order valence-electron chi connectivity index (χ2n) is 4.94. The molecule has 0 saturated carbocycles. The van der Waals surface area contributed by atoms with E-state index in [-0.39, 0.29) is 0 Å². The van der Waals surface area contributed by atoms with E-state index in [1.54, 1.807) is 0 Å². The number of hydrogen-bond donors (Lipinski definition) is 1. The Morgan fingerprint density at radius 2 is 1.89 bits per heavy atom. The summed E-state index contributed by atoms with van der Waals surface area (Å²) in [5.74, 6) is -0.290. The number of likely N-dealkylation sites (tertiary alicyclic amines) is 1. The Morgan fingerprint density at radius 1 is 1.28 bits per heavy atom. The van der Waals surface area contributed by atoms with Crippen LogP contribution in [0.15, 0.2) is 24.3 Å². The third kappa shape index (κ3) is 4.24. The van der Waals surface area contributed by atoms with Crippen LogP contribution in [0.25, 0.3) is 0 Å². The molecule has 0 unspecified atom stereocenters. The summed E-state index contributed by atoms with van der Waals surface area (Å²) in [5, 5.41) is 8.78. The lowest BCUT2D eigenvalue weighted by Crippen LogP contribution is -2.33. The zero-order chi connectivity index (χ0) is 13.0. The molecule has 1 aliphatic heterocycles. The molecule has 1 fully saturated rings. The molecule has 1 N–H and O–H groups in total. The second kappa shape index (κ2) is 6.52. The van der Waals surface area contributed by atoms with E-state index in [0.717, 1.165) is 32.5 Å². The van der Waals surface area contributed by atoms with Crippen molar-refractivity contribution in [1.82, 2.24) is 4.90 Å². The predicted molar refractivity (Wildman–Crippen MR) is 79.4 cm³/mol. The SMILES string of the molecule is O=C(O)CC1CCN(Cc2ccc(I)cc2)CC1. The zero-order valence-corrected chi connectivity index (χ0v) is 12.5. The van der Waals surface area contributed by atoms with Gasteiger partial charge in [0.2, 0.25) is 0 Å². The average Bonchev–Trinajstić information content (AvgIpc) is 2.34. The smallest absolute Gasteiger partial charge is 0.303 e. The van der Waals surface area contributed by atoms with Crippen molar-refractivity contribution >= 4 is 28.6 Å². The molecular formula is C14H18INO2. The molecular weight excluding hydrogens is 341 g/mol. The van der Waals surface area contributed by atoms with E-state index in [9.17, 15) is 4.79 Å². The number of carbonyl (C=O) groups is 1. The number of rotatable bonds is 4. The fourth-order valence-electron chi connectivity index (χ4n) is 2.44. The first kappa shape index (κ1) is 13.8. The molecule has 98 valence electrons. The third-order valence-corrected chi connectivity index (χ3v) is 4.21. The van der Waals surface area contributed by atoms with Crippen LogP contribution < -0.4 is 0 Å². The average molecular weight is 359 g/mol. The van der Waals surface area contributed by atoms with E-state index in [4.69, 9.17) is 5.11 Å². The normalized spacial score (nSPS) is 17.8. The zero-order valence-electron chi connectivity index (χ0n) is 10.3. The van der Waals surface area contributed by atoms with Crippen LogP contribution in [0, 0.1) is 9.49 Å². The van der Waals surface area contributed by atoms with Crippen LogP contribution in [0.1, 0.15) is 24.8 Å². The molecule has 0 aliphatic carbocycles. The fourth-order valence-corrected chi connectivity index (χ4v) is 2.80. The lowest BCUT2D eigenvalue weighted by atomic mass is 9.93. The molecule has 0 aromatic heterocycles. The molecule has 1 aromatic rings. The number of aliphatic carboxylic acids is 1. The Bertz CT molecular complexity index is 397. The predicted octanol–water partition coefficient (Wildman–Crippen LogP) is 2.98. The maximum atomic E-state index is 10.7. The van der Waals surface area contributed by atoms with Gasteiger partial charge in [-0.1, -0.05) is 12.1 Å². The highest BCUT2D eigenvalue weighted by molar-refractivity contribution is 14.1. The van der Waals surface area contributed by atoms with Crippen molar-refractivity contribution in [2.24, 2.45) is 5.92 Å². The Kier molecular flexibility index (Phi) is 5.00. The summed E-state index contributed by atoms with van der Waals surface area (Å²) < 4.78 is 1.26. The Morgan fingerprint density at radius 3 is 2.44 bits per heavy atom. The first-order chi connectivity index (χ1) is 8.63. The van der Waals surface area contributed by atoms with Crippen LogP contribution >= 0.6 is 22.6 Å². The van der Waals surface area contributed by atoms with Crippen LogP contribution in [0.4, 0.5) is 0 Å². The molecule has 18 heavy (non-hydrogen) atoms. The lowest BCUT2D eigenvalue weighted by molar-refractivity contribution is -0.138. The third-order valence-electron chi connectivity index (χ3n) is 3.49. The number of hydrogen-bond acceptors (Lipinski definition) is 2. The molecule has 1 heterocycles. The second-order valence-corrected chi connectivity index (χ2v) is 6.19. The Labute approximate surface area is 121 Å². The van der Waals surface area contributed by atoms with Crippen molar-refractivity contribution < 1.29 is 9.90 Å². The van der Waals surface area contributed by atoms with Crippen LogP contribution in [0.3, 0.4) is 0 Å². The minimum atomic E-state index is -0.661. The standard InChI is InChI=1S/C14H18INO2/c15-13-3-1-12(2-4-13)10-16-7-5-11(6-8-16)9-14(17)18/h1-4,11H,5-10H2,(H,17,18). The summed E-state index contributed by atoms with van der Waals surface area (Å²) in [6.45, 7) is 3.02. The summed E-state index contributed by atoms with van der Waals surface area (Å²) in [5.41, 5.74) is 1.34. The number of carboxylic acid groups (broad SMARTS) is 1. The maximum Gasteiger partial charge on any atom is 0.303 e. The number of carboxylic acids is 1. The van der Waals surface area contributed by atoms with Gasteiger partial charge in [0.15, 0.2) is 0 Å². The van der Waals surface area contributed by atoms with Crippen molar-refractivity contribution in [3.05, 3.63) is 33.4 Å². The molecule has 0 spiro atoms. The summed E-state index contributed by atoms with van der Waals surface area (Å²) in [6, 6.07) is 8.61. The van der Waals surface area contributed by atoms with Gasteiger partial charge in [0.05, 0.1) is 0 Å². The van der Waals surface area contributed by atoms with Crippen LogP contribution in [-0.4, -0.2) is 29.1 Å². The van der Waals surface area contributed by atoms with Gasteiger partial charge in [0.25, 0.3) is 0 Å². The summed E-state index contributed by atoms with van der Waals surface area (Å²) in [6.07, 6.45) is 2.35.